The van der Waals surface area contributed by atoms with Crippen LogP contribution in [-0.2, 0) is 15.0 Å². The third-order valence-electron chi connectivity index (χ3n) is 4.90. The molecular formula is C15H27N3O3S. The molecule has 1 amide bonds. The van der Waals surface area contributed by atoms with Crippen LogP contribution in [0.25, 0.3) is 0 Å². The van der Waals surface area contributed by atoms with E-state index in [0.717, 1.165) is 51.4 Å². The summed E-state index contributed by atoms with van der Waals surface area (Å²) in [5, 5.41) is 3.01. The van der Waals surface area contributed by atoms with Crippen LogP contribution in [0.1, 0.15) is 51.4 Å². The highest BCUT2D eigenvalue weighted by atomic mass is 32.2. The Balaban J connectivity index is 1.63. The average molecular weight is 329 g/mol. The Hall–Kier alpha value is -0.660. The Morgan fingerprint density at radius 1 is 0.864 bits per heavy atom. The molecule has 1 unspecified atom stereocenters. The van der Waals surface area contributed by atoms with Crippen molar-refractivity contribution in [3.05, 3.63) is 0 Å². The highest BCUT2D eigenvalue weighted by Crippen LogP contribution is 2.25. The Morgan fingerprint density at radius 3 is 2.14 bits per heavy atom. The summed E-state index contributed by atoms with van der Waals surface area (Å²) in [6.45, 7) is 2.14. The second-order valence-electron chi connectivity index (χ2n) is 6.80. The molecule has 1 atom stereocenters. The molecule has 1 saturated carbocycles. The number of carbonyl (C=O) groups excluding carboxylic acids is 1. The van der Waals surface area contributed by atoms with E-state index in [1.807, 2.05) is 0 Å². The van der Waals surface area contributed by atoms with Gasteiger partial charge in [-0.3, -0.25) is 4.79 Å². The second-order valence-corrected chi connectivity index (χ2v) is 8.73. The van der Waals surface area contributed by atoms with Gasteiger partial charge in [-0.15, -0.1) is 0 Å². The normalized spacial score (nSPS) is 29.0. The molecule has 22 heavy (non-hydrogen) atoms. The standard InChI is InChI=1S/C15H27N3O3S/c19-15(16-14-7-8-14)13-6-5-11-18(12-13)22(20,21)17-9-3-1-2-4-10-17/h13-14H,1-12H2,(H,16,19). The molecule has 0 bridgehead atoms. The smallest absolute Gasteiger partial charge is 0.281 e. The molecule has 2 heterocycles. The first kappa shape index (κ1) is 16.2. The van der Waals surface area contributed by atoms with E-state index in [1.54, 1.807) is 8.61 Å². The zero-order valence-electron chi connectivity index (χ0n) is 13.2. The maximum Gasteiger partial charge on any atom is 0.281 e. The molecule has 0 radical (unpaired) electrons. The van der Waals surface area contributed by atoms with Gasteiger partial charge in [-0.2, -0.15) is 17.0 Å². The van der Waals surface area contributed by atoms with Crippen molar-refractivity contribution in [3.8, 4) is 0 Å². The number of amides is 1. The first-order valence-electron chi connectivity index (χ1n) is 8.63. The monoisotopic (exact) mass is 329 g/mol. The maximum absolute atomic E-state index is 12.8. The fraction of sp³-hybridized carbons (Fsp3) is 0.933. The first-order chi connectivity index (χ1) is 10.6. The Labute approximate surface area is 133 Å². The maximum atomic E-state index is 12.8. The molecule has 3 fully saturated rings. The predicted octanol–water partition coefficient (Wildman–Crippen LogP) is 1.10. The first-order valence-corrected chi connectivity index (χ1v) is 10.0. The topological polar surface area (TPSA) is 69.7 Å². The summed E-state index contributed by atoms with van der Waals surface area (Å²) in [5.41, 5.74) is 0. The van der Waals surface area contributed by atoms with Crippen molar-refractivity contribution in [2.75, 3.05) is 26.2 Å². The van der Waals surface area contributed by atoms with E-state index in [1.165, 1.54) is 0 Å². The van der Waals surface area contributed by atoms with E-state index in [2.05, 4.69) is 5.32 Å². The number of piperidine rings is 1. The van der Waals surface area contributed by atoms with Gasteiger partial charge in [0.2, 0.25) is 5.91 Å². The molecular weight excluding hydrogens is 302 g/mol. The van der Waals surface area contributed by atoms with Crippen LogP contribution >= 0.6 is 0 Å². The Kier molecular flexibility index (Phi) is 5.04. The summed E-state index contributed by atoms with van der Waals surface area (Å²) < 4.78 is 28.8. The molecule has 2 aliphatic heterocycles. The van der Waals surface area contributed by atoms with Crippen molar-refractivity contribution in [2.24, 2.45) is 5.92 Å². The Morgan fingerprint density at radius 2 is 1.50 bits per heavy atom. The number of rotatable bonds is 4. The minimum Gasteiger partial charge on any atom is -0.353 e. The summed E-state index contributed by atoms with van der Waals surface area (Å²) in [6.07, 6.45) is 7.80. The van der Waals surface area contributed by atoms with Crippen LogP contribution in [0.5, 0.6) is 0 Å². The van der Waals surface area contributed by atoms with Gasteiger partial charge < -0.3 is 5.32 Å². The van der Waals surface area contributed by atoms with Crippen molar-refractivity contribution in [2.45, 2.75) is 57.4 Å². The largest absolute Gasteiger partial charge is 0.353 e. The van der Waals surface area contributed by atoms with E-state index in [-0.39, 0.29) is 11.8 Å². The van der Waals surface area contributed by atoms with Crippen molar-refractivity contribution in [1.82, 2.24) is 13.9 Å². The summed E-state index contributed by atoms with van der Waals surface area (Å²) in [7, 11) is -3.40. The summed E-state index contributed by atoms with van der Waals surface area (Å²) in [6, 6.07) is 0.338. The second kappa shape index (κ2) is 6.84. The van der Waals surface area contributed by atoms with Gasteiger partial charge in [0.1, 0.15) is 0 Å². The molecule has 1 aliphatic carbocycles. The molecule has 0 spiro atoms. The molecule has 0 aromatic heterocycles. The van der Waals surface area contributed by atoms with Crippen molar-refractivity contribution in [3.63, 3.8) is 0 Å². The van der Waals surface area contributed by atoms with Gasteiger partial charge in [0, 0.05) is 32.2 Å². The zero-order chi connectivity index (χ0) is 15.6. The van der Waals surface area contributed by atoms with Crippen LogP contribution in [0.4, 0.5) is 0 Å². The number of carbonyl (C=O) groups is 1. The van der Waals surface area contributed by atoms with Crippen LogP contribution in [0.3, 0.4) is 0 Å². The third-order valence-corrected chi connectivity index (χ3v) is 6.90. The van der Waals surface area contributed by atoms with E-state index in [0.29, 0.717) is 32.2 Å². The molecule has 2 saturated heterocycles. The highest BCUT2D eigenvalue weighted by Gasteiger charge is 2.37. The van der Waals surface area contributed by atoms with E-state index < -0.39 is 10.2 Å². The van der Waals surface area contributed by atoms with E-state index in [9.17, 15) is 13.2 Å². The lowest BCUT2D eigenvalue weighted by atomic mass is 9.99. The molecule has 1 N–H and O–H groups in total. The van der Waals surface area contributed by atoms with Crippen LogP contribution in [-0.4, -0.2) is 55.2 Å². The number of nitrogens with one attached hydrogen (secondary N) is 1. The number of hydrogen-bond acceptors (Lipinski definition) is 3. The van der Waals surface area contributed by atoms with Crippen LogP contribution in [0.15, 0.2) is 0 Å². The van der Waals surface area contributed by atoms with Crippen molar-refractivity contribution >= 4 is 16.1 Å². The molecule has 0 aromatic carbocycles. The molecule has 6 nitrogen and oxygen atoms in total. The lowest BCUT2D eigenvalue weighted by Gasteiger charge is -2.34. The van der Waals surface area contributed by atoms with Gasteiger partial charge in [0.15, 0.2) is 0 Å². The van der Waals surface area contributed by atoms with Gasteiger partial charge in [-0.1, -0.05) is 12.8 Å². The van der Waals surface area contributed by atoms with E-state index in [4.69, 9.17) is 0 Å². The quantitative estimate of drug-likeness (QED) is 0.839. The molecule has 3 aliphatic rings. The molecule has 7 heteroatoms. The average Bonchev–Trinajstić information content (AvgIpc) is 3.33. The summed E-state index contributed by atoms with van der Waals surface area (Å²) >= 11 is 0. The van der Waals surface area contributed by atoms with Gasteiger partial charge >= 0.3 is 0 Å². The lowest BCUT2D eigenvalue weighted by molar-refractivity contribution is -0.126. The molecule has 3 rings (SSSR count). The molecule has 0 aromatic rings. The summed E-state index contributed by atoms with van der Waals surface area (Å²) in [5.74, 6) is -0.144. The van der Waals surface area contributed by atoms with Gasteiger partial charge in [0.25, 0.3) is 10.2 Å². The van der Waals surface area contributed by atoms with Gasteiger partial charge in [0.05, 0.1) is 5.92 Å². The predicted molar refractivity (Wildman–Crippen MR) is 84.4 cm³/mol. The van der Waals surface area contributed by atoms with Crippen LogP contribution in [0.2, 0.25) is 0 Å². The fourth-order valence-corrected chi connectivity index (χ4v) is 5.12. The van der Waals surface area contributed by atoms with Crippen molar-refractivity contribution < 1.29 is 13.2 Å². The summed E-state index contributed by atoms with van der Waals surface area (Å²) in [4.78, 5) is 12.2. The minimum absolute atomic E-state index is 0.0401. The molecule has 126 valence electrons. The number of nitrogens with zero attached hydrogens (tertiary/aromatic N) is 2. The van der Waals surface area contributed by atoms with Gasteiger partial charge in [-0.25, -0.2) is 0 Å². The van der Waals surface area contributed by atoms with Gasteiger partial charge in [-0.05, 0) is 38.5 Å². The van der Waals surface area contributed by atoms with Crippen LogP contribution in [0, 0.1) is 5.92 Å². The zero-order valence-corrected chi connectivity index (χ0v) is 14.0. The lowest BCUT2D eigenvalue weighted by Crippen LogP contribution is -2.50. The fourth-order valence-electron chi connectivity index (χ4n) is 3.35. The van der Waals surface area contributed by atoms with Crippen LogP contribution < -0.4 is 5.32 Å². The van der Waals surface area contributed by atoms with E-state index >= 15 is 0 Å². The Bertz CT molecular complexity index is 496. The third kappa shape index (κ3) is 3.81. The highest BCUT2D eigenvalue weighted by molar-refractivity contribution is 7.86. The number of hydrogen-bond donors (Lipinski definition) is 1. The minimum atomic E-state index is -3.40. The van der Waals surface area contributed by atoms with Crippen molar-refractivity contribution in [1.29, 1.82) is 0 Å². The SMILES string of the molecule is O=C(NC1CC1)C1CCCN(S(=O)(=O)N2CCCCCC2)C1.